The van der Waals surface area contributed by atoms with E-state index in [1.54, 1.807) is 12.3 Å². The first-order chi connectivity index (χ1) is 9.20. The Balaban J connectivity index is 2.15. The van der Waals surface area contributed by atoms with Crippen molar-refractivity contribution in [3.63, 3.8) is 0 Å². The second-order valence-electron chi connectivity index (χ2n) is 4.34. The Morgan fingerprint density at radius 1 is 1.47 bits per heavy atom. The first-order valence-electron chi connectivity index (χ1n) is 6.23. The zero-order valence-corrected chi connectivity index (χ0v) is 12.2. The smallest absolute Gasteiger partial charge is 0.124 e. The van der Waals surface area contributed by atoms with Crippen LogP contribution in [0.1, 0.15) is 30.6 Å². The number of nitrogens with one attached hydrogen (secondary N) is 2. The predicted octanol–water partition coefficient (Wildman–Crippen LogP) is 2.99. The van der Waals surface area contributed by atoms with E-state index in [2.05, 4.69) is 43.6 Å². The normalized spacial score (nSPS) is 12.6. The molecule has 6 heteroatoms. The fourth-order valence-electron chi connectivity index (χ4n) is 1.89. The third-order valence-electron chi connectivity index (χ3n) is 2.87. The van der Waals surface area contributed by atoms with E-state index in [0.717, 1.165) is 35.1 Å². The Kier molecular flexibility index (Phi) is 5.04. The summed E-state index contributed by atoms with van der Waals surface area (Å²) >= 11 is 3.40. The van der Waals surface area contributed by atoms with Gasteiger partial charge in [0.15, 0.2) is 0 Å². The SMILES string of the molecule is CCCNC(Cc1ccc(F)cc1Br)c1cn[nH]n1. The second kappa shape index (κ2) is 6.77. The maximum atomic E-state index is 13.1. The molecule has 0 bridgehead atoms. The van der Waals surface area contributed by atoms with Crippen LogP contribution >= 0.6 is 15.9 Å². The topological polar surface area (TPSA) is 53.6 Å². The van der Waals surface area contributed by atoms with Crippen molar-refractivity contribution in [2.24, 2.45) is 0 Å². The Hall–Kier alpha value is -1.27. The Labute approximate surface area is 119 Å². The number of H-pyrrole nitrogens is 1. The van der Waals surface area contributed by atoms with Crippen molar-refractivity contribution in [2.75, 3.05) is 6.54 Å². The molecule has 0 spiro atoms. The van der Waals surface area contributed by atoms with Crippen LogP contribution in [0.25, 0.3) is 0 Å². The molecule has 0 radical (unpaired) electrons. The number of benzene rings is 1. The molecular weight excluding hydrogens is 311 g/mol. The Morgan fingerprint density at radius 2 is 2.32 bits per heavy atom. The molecule has 0 aliphatic rings. The number of rotatable bonds is 6. The first-order valence-corrected chi connectivity index (χ1v) is 7.03. The standard InChI is InChI=1S/C13H16BrFN4/c1-2-5-16-12(13-8-17-19-18-13)6-9-3-4-10(15)7-11(9)14/h3-4,7-8,12,16H,2,5-6H2,1H3,(H,17,18,19). The zero-order valence-electron chi connectivity index (χ0n) is 10.7. The molecule has 102 valence electrons. The molecular formula is C13H16BrFN4. The molecule has 1 atom stereocenters. The molecule has 0 aliphatic heterocycles. The van der Waals surface area contributed by atoms with E-state index in [9.17, 15) is 4.39 Å². The first kappa shape index (κ1) is 14.1. The van der Waals surface area contributed by atoms with E-state index in [1.165, 1.54) is 12.1 Å². The highest BCUT2D eigenvalue weighted by Gasteiger charge is 2.15. The second-order valence-corrected chi connectivity index (χ2v) is 5.20. The highest BCUT2D eigenvalue weighted by Crippen LogP contribution is 2.23. The fraction of sp³-hybridized carbons (Fsp3) is 0.385. The molecule has 2 N–H and O–H groups in total. The lowest BCUT2D eigenvalue weighted by molar-refractivity contribution is 0.515. The number of hydrogen-bond donors (Lipinski definition) is 2. The molecule has 1 aromatic heterocycles. The van der Waals surface area contributed by atoms with Gasteiger partial charge in [-0.15, -0.1) is 0 Å². The summed E-state index contributed by atoms with van der Waals surface area (Å²) in [4.78, 5) is 0. The van der Waals surface area contributed by atoms with Gasteiger partial charge in [-0.05, 0) is 37.1 Å². The maximum Gasteiger partial charge on any atom is 0.124 e. The van der Waals surface area contributed by atoms with Crippen LogP contribution in [0.3, 0.4) is 0 Å². The lowest BCUT2D eigenvalue weighted by Gasteiger charge is -2.16. The number of aromatic nitrogens is 3. The summed E-state index contributed by atoms with van der Waals surface area (Å²) in [6.07, 6.45) is 3.48. The molecule has 2 rings (SSSR count). The van der Waals surface area contributed by atoms with E-state index in [1.807, 2.05) is 0 Å². The number of aromatic amines is 1. The van der Waals surface area contributed by atoms with Crippen molar-refractivity contribution in [1.29, 1.82) is 0 Å². The molecule has 1 aromatic carbocycles. The molecule has 19 heavy (non-hydrogen) atoms. The minimum Gasteiger partial charge on any atom is -0.308 e. The summed E-state index contributed by atoms with van der Waals surface area (Å²) in [5.74, 6) is -0.241. The van der Waals surface area contributed by atoms with Crippen molar-refractivity contribution < 1.29 is 4.39 Å². The lowest BCUT2D eigenvalue weighted by Crippen LogP contribution is -2.24. The van der Waals surface area contributed by atoms with Gasteiger partial charge in [-0.3, -0.25) is 0 Å². The van der Waals surface area contributed by atoms with Gasteiger partial charge in [-0.2, -0.15) is 15.4 Å². The van der Waals surface area contributed by atoms with Crippen molar-refractivity contribution in [3.05, 3.63) is 45.9 Å². The number of halogens is 2. The number of hydrogen-bond acceptors (Lipinski definition) is 3. The van der Waals surface area contributed by atoms with Gasteiger partial charge < -0.3 is 5.32 Å². The van der Waals surface area contributed by atoms with Gasteiger partial charge in [0.2, 0.25) is 0 Å². The monoisotopic (exact) mass is 326 g/mol. The van der Waals surface area contributed by atoms with Crippen LogP contribution in [0, 0.1) is 5.82 Å². The summed E-state index contributed by atoms with van der Waals surface area (Å²) in [7, 11) is 0. The van der Waals surface area contributed by atoms with Crippen molar-refractivity contribution in [3.8, 4) is 0 Å². The predicted molar refractivity (Wildman–Crippen MR) is 75.2 cm³/mol. The van der Waals surface area contributed by atoms with Gasteiger partial charge in [-0.25, -0.2) is 4.39 Å². The average molecular weight is 327 g/mol. The molecule has 4 nitrogen and oxygen atoms in total. The molecule has 2 aromatic rings. The van der Waals surface area contributed by atoms with Crippen molar-refractivity contribution >= 4 is 15.9 Å². The van der Waals surface area contributed by atoms with Crippen LogP contribution in [-0.4, -0.2) is 22.0 Å². The van der Waals surface area contributed by atoms with Gasteiger partial charge in [0, 0.05) is 4.47 Å². The minimum absolute atomic E-state index is 0.0699. The van der Waals surface area contributed by atoms with E-state index >= 15 is 0 Å². The number of nitrogens with zero attached hydrogens (tertiary/aromatic N) is 2. The van der Waals surface area contributed by atoms with Crippen LogP contribution in [0.4, 0.5) is 4.39 Å². The molecule has 0 saturated heterocycles. The maximum absolute atomic E-state index is 13.1. The van der Waals surface area contributed by atoms with Crippen molar-refractivity contribution in [2.45, 2.75) is 25.8 Å². The summed E-state index contributed by atoms with van der Waals surface area (Å²) in [5, 5.41) is 14.0. The largest absolute Gasteiger partial charge is 0.308 e. The van der Waals surface area contributed by atoms with Gasteiger partial charge in [0.1, 0.15) is 5.82 Å². The highest BCUT2D eigenvalue weighted by atomic mass is 79.9. The Morgan fingerprint density at radius 3 is 2.95 bits per heavy atom. The van der Waals surface area contributed by atoms with Crippen LogP contribution < -0.4 is 5.32 Å². The lowest BCUT2D eigenvalue weighted by atomic mass is 10.0. The molecule has 0 saturated carbocycles. The molecule has 0 amide bonds. The van der Waals surface area contributed by atoms with Crippen LogP contribution in [0.5, 0.6) is 0 Å². The van der Waals surface area contributed by atoms with Gasteiger partial charge in [0.25, 0.3) is 0 Å². The zero-order chi connectivity index (χ0) is 13.7. The summed E-state index contributed by atoms with van der Waals surface area (Å²) in [6, 6.07) is 4.81. The molecule has 1 heterocycles. The van der Waals surface area contributed by atoms with E-state index in [0.29, 0.717) is 0 Å². The van der Waals surface area contributed by atoms with Crippen LogP contribution in [0.15, 0.2) is 28.9 Å². The van der Waals surface area contributed by atoms with E-state index < -0.39 is 0 Å². The van der Waals surface area contributed by atoms with Gasteiger partial charge in [0.05, 0.1) is 17.9 Å². The quantitative estimate of drug-likeness (QED) is 0.858. The summed E-state index contributed by atoms with van der Waals surface area (Å²) in [5.41, 5.74) is 1.91. The van der Waals surface area contributed by atoms with Crippen LogP contribution in [0.2, 0.25) is 0 Å². The summed E-state index contributed by atoms with van der Waals surface area (Å²) in [6.45, 7) is 3.01. The van der Waals surface area contributed by atoms with Crippen molar-refractivity contribution in [1.82, 2.24) is 20.7 Å². The third kappa shape index (κ3) is 3.84. The molecule has 0 aliphatic carbocycles. The summed E-state index contributed by atoms with van der Waals surface area (Å²) < 4.78 is 13.9. The van der Waals surface area contributed by atoms with Gasteiger partial charge in [-0.1, -0.05) is 28.9 Å². The highest BCUT2D eigenvalue weighted by molar-refractivity contribution is 9.10. The molecule has 0 fully saturated rings. The Bertz CT molecular complexity index is 515. The van der Waals surface area contributed by atoms with E-state index in [4.69, 9.17) is 0 Å². The van der Waals surface area contributed by atoms with Gasteiger partial charge >= 0.3 is 0 Å². The fourth-order valence-corrected chi connectivity index (χ4v) is 2.40. The molecule has 1 unspecified atom stereocenters. The van der Waals surface area contributed by atoms with Crippen LogP contribution in [-0.2, 0) is 6.42 Å². The average Bonchev–Trinajstić information content (AvgIpc) is 2.90. The van der Waals surface area contributed by atoms with E-state index in [-0.39, 0.29) is 11.9 Å². The minimum atomic E-state index is -0.241. The third-order valence-corrected chi connectivity index (χ3v) is 3.61.